The minimum Gasteiger partial charge on any atom is -0.497 e. The van der Waals surface area contributed by atoms with E-state index in [1.807, 2.05) is 0 Å². The fourth-order valence-electron chi connectivity index (χ4n) is 4.05. The summed E-state index contributed by atoms with van der Waals surface area (Å²) in [6, 6.07) is 4.53. The fraction of sp³-hybridized carbons (Fsp3) is 0.667. The number of benzene rings is 1. The number of amides is 1. The maximum atomic E-state index is 14.2. The number of hydrogen-bond donors (Lipinski definition) is 1. The van der Waals surface area contributed by atoms with E-state index in [1.165, 1.54) is 13.2 Å². The Hall–Kier alpha value is -1.66. The first-order chi connectivity index (χ1) is 12.7. The third-order valence-electron chi connectivity index (χ3n) is 6.01. The standard InChI is InChI=1S/C21H31FN2O3/c1-20(2)8-11-23(12-9-20)15-21(26)7-4-10-24(19(21)25)14-16-13-17(27-3)5-6-18(16)22/h5-6,13,26H,4,7-12,14-15H2,1-3H3/t21-/m1/s1. The third kappa shape index (κ3) is 4.61. The number of hydrogen-bond acceptors (Lipinski definition) is 4. The van der Waals surface area contributed by atoms with Crippen LogP contribution < -0.4 is 4.74 Å². The number of methoxy groups -OCH3 is 1. The topological polar surface area (TPSA) is 53.0 Å². The number of rotatable bonds is 5. The highest BCUT2D eigenvalue weighted by atomic mass is 19.1. The first-order valence-corrected chi connectivity index (χ1v) is 9.79. The molecule has 1 N–H and O–H groups in total. The molecule has 2 fully saturated rings. The Labute approximate surface area is 161 Å². The first kappa shape index (κ1) is 20.1. The van der Waals surface area contributed by atoms with Crippen LogP contribution in [0.2, 0.25) is 0 Å². The molecule has 5 nitrogen and oxygen atoms in total. The Bertz CT molecular complexity index is 684. The number of halogens is 1. The van der Waals surface area contributed by atoms with Crippen molar-refractivity contribution in [3.63, 3.8) is 0 Å². The smallest absolute Gasteiger partial charge is 0.256 e. The molecule has 1 atom stereocenters. The van der Waals surface area contributed by atoms with E-state index in [0.29, 0.717) is 42.7 Å². The average Bonchev–Trinajstić information content (AvgIpc) is 2.63. The highest BCUT2D eigenvalue weighted by molar-refractivity contribution is 5.86. The highest BCUT2D eigenvalue weighted by Crippen LogP contribution is 2.32. The molecule has 0 spiro atoms. The van der Waals surface area contributed by atoms with Crippen LogP contribution in [0, 0.1) is 11.2 Å². The molecule has 2 saturated heterocycles. The van der Waals surface area contributed by atoms with Crippen LogP contribution >= 0.6 is 0 Å². The van der Waals surface area contributed by atoms with Crippen LogP contribution in [0.3, 0.4) is 0 Å². The number of aliphatic hydroxyl groups is 1. The zero-order valence-electron chi connectivity index (χ0n) is 16.6. The summed E-state index contributed by atoms with van der Waals surface area (Å²) >= 11 is 0. The molecule has 2 heterocycles. The van der Waals surface area contributed by atoms with Crippen molar-refractivity contribution in [2.75, 3.05) is 33.3 Å². The molecule has 0 radical (unpaired) electrons. The van der Waals surface area contributed by atoms with Crippen LogP contribution in [0.15, 0.2) is 18.2 Å². The Morgan fingerprint density at radius 3 is 2.56 bits per heavy atom. The van der Waals surface area contributed by atoms with Crippen molar-refractivity contribution < 1.29 is 19.0 Å². The van der Waals surface area contributed by atoms with E-state index < -0.39 is 5.60 Å². The molecular weight excluding hydrogens is 347 g/mol. The highest BCUT2D eigenvalue weighted by Gasteiger charge is 2.44. The van der Waals surface area contributed by atoms with Crippen LogP contribution in [-0.4, -0.2) is 59.7 Å². The second-order valence-corrected chi connectivity index (χ2v) is 8.76. The van der Waals surface area contributed by atoms with E-state index >= 15 is 0 Å². The summed E-state index contributed by atoms with van der Waals surface area (Å²) < 4.78 is 19.3. The van der Waals surface area contributed by atoms with Crippen LogP contribution in [0.25, 0.3) is 0 Å². The van der Waals surface area contributed by atoms with Gasteiger partial charge in [-0.25, -0.2) is 4.39 Å². The van der Waals surface area contributed by atoms with Gasteiger partial charge in [0.05, 0.1) is 7.11 Å². The van der Waals surface area contributed by atoms with Crippen LogP contribution in [0.1, 0.15) is 45.1 Å². The number of nitrogens with zero attached hydrogens (tertiary/aromatic N) is 2. The zero-order chi connectivity index (χ0) is 19.7. The Balaban J connectivity index is 1.68. The van der Waals surface area contributed by atoms with Gasteiger partial charge in [0.2, 0.25) is 0 Å². The number of β-amino-alcohol motifs (C(OH)–C–C–N with tert-alkyl or cyclic N) is 1. The molecule has 1 aromatic carbocycles. The van der Waals surface area contributed by atoms with Crippen molar-refractivity contribution in [1.29, 1.82) is 0 Å². The van der Waals surface area contributed by atoms with Gasteiger partial charge in [-0.3, -0.25) is 9.69 Å². The van der Waals surface area contributed by atoms with Gasteiger partial charge in [0.15, 0.2) is 5.60 Å². The number of carbonyl (C=O) groups excluding carboxylic acids is 1. The molecule has 1 amide bonds. The predicted octanol–water partition coefficient (Wildman–Crippen LogP) is 2.81. The molecule has 1 aromatic rings. The van der Waals surface area contributed by atoms with Gasteiger partial charge in [-0.05, 0) is 62.4 Å². The summed E-state index contributed by atoms with van der Waals surface area (Å²) in [5.74, 6) is -0.0983. The minimum atomic E-state index is -1.38. The van der Waals surface area contributed by atoms with E-state index in [2.05, 4.69) is 18.7 Å². The van der Waals surface area contributed by atoms with Crippen molar-refractivity contribution >= 4 is 5.91 Å². The minimum absolute atomic E-state index is 0.150. The molecule has 3 rings (SSSR count). The average molecular weight is 378 g/mol. The maximum absolute atomic E-state index is 14.2. The summed E-state index contributed by atoms with van der Waals surface area (Å²) in [4.78, 5) is 16.8. The number of likely N-dealkylation sites (tertiary alicyclic amines) is 2. The molecule has 27 heavy (non-hydrogen) atoms. The molecule has 0 saturated carbocycles. The number of carbonyl (C=O) groups is 1. The lowest BCUT2D eigenvalue weighted by atomic mass is 9.81. The molecule has 150 valence electrons. The van der Waals surface area contributed by atoms with Crippen molar-refractivity contribution in [2.45, 2.75) is 51.7 Å². The van der Waals surface area contributed by atoms with Crippen molar-refractivity contribution in [2.24, 2.45) is 5.41 Å². The SMILES string of the molecule is COc1ccc(F)c(CN2CCC[C@@](O)(CN3CCC(C)(C)CC3)C2=O)c1. The summed E-state index contributed by atoms with van der Waals surface area (Å²) in [7, 11) is 1.53. The number of piperidine rings is 2. The van der Waals surface area contributed by atoms with Gasteiger partial charge in [0.25, 0.3) is 5.91 Å². The van der Waals surface area contributed by atoms with Gasteiger partial charge in [-0.2, -0.15) is 0 Å². The lowest BCUT2D eigenvalue weighted by molar-refractivity contribution is -0.160. The van der Waals surface area contributed by atoms with E-state index in [4.69, 9.17) is 4.74 Å². The first-order valence-electron chi connectivity index (χ1n) is 9.79. The molecule has 0 bridgehead atoms. The van der Waals surface area contributed by atoms with Crippen molar-refractivity contribution in [3.05, 3.63) is 29.6 Å². The molecule has 0 aliphatic carbocycles. The van der Waals surface area contributed by atoms with Crippen LogP contribution in [0.4, 0.5) is 4.39 Å². The van der Waals surface area contributed by atoms with E-state index in [1.54, 1.807) is 17.0 Å². The summed E-state index contributed by atoms with van der Waals surface area (Å²) in [5, 5.41) is 11.1. The third-order valence-corrected chi connectivity index (χ3v) is 6.01. The van der Waals surface area contributed by atoms with Crippen LogP contribution in [0.5, 0.6) is 5.75 Å². The van der Waals surface area contributed by atoms with Gasteiger partial charge >= 0.3 is 0 Å². The van der Waals surface area contributed by atoms with Gasteiger partial charge in [-0.1, -0.05) is 13.8 Å². The van der Waals surface area contributed by atoms with Gasteiger partial charge < -0.3 is 14.7 Å². The van der Waals surface area contributed by atoms with E-state index in [9.17, 15) is 14.3 Å². The second-order valence-electron chi connectivity index (χ2n) is 8.76. The lowest BCUT2D eigenvalue weighted by Gasteiger charge is -2.43. The van der Waals surface area contributed by atoms with E-state index in [0.717, 1.165) is 25.9 Å². The van der Waals surface area contributed by atoms with Crippen molar-refractivity contribution in [3.8, 4) is 5.75 Å². The molecular formula is C21H31FN2O3. The van der Waals surface area contributed by atoms with Gasteiger partial charge in [0.1, 0.15) is 11.6 Å². The lowest BCUT2D eigenvalue weighted by Crippen LogP contribution is -2.59. The predicted molar refractivity (Wildman–Crippen MR) is 102 cm³/mol. The van der Waals surface area contributed by atoms with Gasteiger partial charge in [-0.15, -0.1) is 0 Å². The Morgan fingerprint density at radius 2 is 1.89 bits per heavy atom. The summed E-state index contributed by atoms with van der Waals surface area (Å²) in [5.41, 5.74) is -0.646. The zero-order valence-corrected chi connectivity index (χ0v) is 16.6. The number of ether oxygens (including phenoxy) is 1. The summed E-state index contributed by atoms with van der Waals surface area (Å²) in [6.07, 6.45) is 3.31. The maximum Gasteiger partial charge on any atom is 0.256 e. The fourth-order valence-corrected chi connectivity index (χ4v) is 4.05. The Morgan fingerprint density at radius 1 is 1.19 bits per heavy atom. The normalized spacial score (nSPS) is 26.3. The van der Waals surface area contributed by atoms with Crippen LogP contribution in [-0.2, 0) is 11.3 Å². The Kier molecular flexibility index (Phi) is 5.77. The second kappa shape index (κ2) is 7.76. The molecule has 0 unspecified atom stereocenters. The monoisotopic (exact) mass is 378 g/mol. The molecule has 0 aromatic heterocycles. The quantitative estimate of drug-likeness (QED) is 0.856. The van der Waals surface area contributed by atoms with Gasteiger partial charge in [0, 0.05) is 25.2 Å². The molecule has 2 aliphatic rings. The summed E-state index contributed by atoms with van der Waals surface area (Å²) in [6.45, 7) is 7.35. The molecule has 6 heteroatoms. The van der Waals surface area contributed by atoms with E-state index in [-0.39, 0.29) is 18.3 Å². The van der Waals surface area contributed by atoms with Crippen molar-refractivity contribution in [1.82, 2.24) is 9.80 Å². The molecule has 2 aliphatic heterocycles. The largest absolute Gasteiger partial charge is 0.497 e.